The number of hydrogen-bond acceptors (Lipinski definition) is 4. The van der Waals surface area contributed by atoms with Crippen molar-refractivity contribution in [3.63, 3.8) is 0 Å². The Bertz CT molecular complexity index is 743. The molecule has 0 aliphatic carbocycles. The van der Waals surface area contributed by atoms with Crippen LogP contribution < -0.4 is 5.32 Å². The Morgan fingerprint density at radius 1 is 1.05 bits per heavy atom. The second-order valence-electron chi connectivity index (χ2n) is 4.97. The summed E-state index contributed by atoms with van der Waals surface area (Å²) in [5, 5.41) is 11.8. The van der Waals surface area contributed by atoms with Gasteiger partial charge in [0.15, 0.2) is 11.5 Å². The smallest absolute Gasteiger partial charge is 0.164 e. The van der Waals surface area contributed by atoms with E-state index in [0.29, 0.717) is 6.54 Å². The molecule has 5 heteroatoms. The van der Waals surface area contributed by atoms with Gasteiger partial charge in [-0.1, -0.05) is 17.7 Å². The average molecular weight is 267 g/mol. The van der Waals surface area contributed by atoms with Crippen LogP contribution in [0, 0.1) is 20.8 Å². The molecule has 20 heavy (non-hydrogen) atoms. The molecule has 0 saturated carbocycles. The van der Waals surface area contributed by atoms with Gasteiger partial charge in [-0.25, -0.2) is 4.98 Å². The van der Waals surface area contributed by atoms with Crippen LogP contribution in [-0.2, 0) is 6.54 Å². The minimum atomic E-state index is 0.621. The molecule has 2 heterocycles. The molecule has 3 aromatic rings. The molecule has 0 aliphatic heterocycles. The van der Waals surface area contributed by atoms with Crippen LogP contribution in [0.15, 0.2) is 30.3 Å². The van der Waals surface area contributed by atoms with E-state index in [9.17, 15) is 0 Å². The predicted molar refractivity (Wildman–Crippen MR) is 78.8 cm³/mol. The van der Waals surface area contributed by atoms with Crippen molar-refractivity contribution in [1.82, 2.24) is 19.6 Å². The van der Waals surface area contributed by atoms with Gasteiger partial charge in [0.05, 0.1) is 6.54 Å². The van der Waals surface area contributed by atoms with Gasteiger partial charge in [0.1, 0.15) is 5.82 Å². The van der Waals surface area contributed by atoms with E-state index < -0.39 is 0 Å². The summed E-state index contributed by atoms with van der Waals surface area (Å²) in [5.74, 6) is 1.77. The van der Waals surface area contributed by atoms with Crippen molar-refractivity contribution < 1.29 is 0 Å². The molecule has 0 amide bonds. The standard InChI is InChI=1S/C15H17N5/c1-10-4-6-13(7-5-10)16-9-15-19-18-14-8-11(2)17-12(3)20(14)15/h4-8,16H,9H2,1-3H3. The fourth-order valence-electron chi connectivity index (χ4n) is 2.27. The van der Waals surface area contributed by atoms with Crippen LogP contribution in [0.25, 0.3) is 5.65 Å². The van der Waals surface area contributed by atoms with Crippen molar-refractivity contribution in [2.75, 3.05) is 5.32 Å². The Kier molecular flexibility index (Phi) is 3.10. The molecule has 1 N–H and O–H groups in total. The zero-order chi connectivity index (χ0) is 14.1. The maximum Gasteiger partial charge on any atom is 0.164 e. The molecule has 1 aromatic carbocycles. The molecule has 2 aromatic heterocycles. The summed E-state index contributed by atoms with van der Waals surface area (Å²) in [7, 11) is 0. The lowest BCUT2D eigenvalue weighted by atomic mass is 10.2. The first kappa shape index (κ1) is 12.6. The zero-order valence-corrected chi connectivity index (χ0v) is 11.9. The minimum Gasteiger partial charge on any atom is -0.378 e. The minimum absolute atomic E-state index is 0.621. The Morgan fingerprint density at radius 2 is 1.80 bits per heavy atom. The molecule has 0 unspecified atom stereocenters. The van der Waals surface area contributed by atoms with Crippen LogP contribution in [-0.4, -0.2) is 19.6 Å². The van der Waals surface area contributed by atoms with Crippen molar-refractivity contribution >= 4 is 11.3 Å². The molecular weight excluding hydrogens is 250 g/mol. The fraction of sp³-hybridized carbons (Fsp3) is 0.267. The molecule has 0 bridgehead atoms. The number of hydrogen-bond donors (Lipinski definition) is 1. The SMILES string of the molecule is Cc1ccc(NCc2nnc3cc(C)nc(C)n23)cc1. The topological polar surface area (TPSA) is 55.1 Å². The van der Waals surface area contributed by atoms with E-state index in [2.05, 4.69) is 51.7 Å². The first-order valence-electron chi connectivity index (χ1n) is 6.62. The van der Waals surface area contributed by atoms with Gasteiger partial charge >= 0.3 is 0 Å². The number of fused-ring (bicyclic) bond motifs is 1. The quantitative estimate of drug-likeness (QED) is 0.792. The van der Waals surface area contributed by atoms with E-state index in [1.54, 1.807) is 0 Å². The van der Waals surface area contributed by atoms with E-state index in [1.807, 2.05) is 24.3 Å². The van der Waals surface area contributed by atoms with Crippen molar-refractivity contribution in [2.24, 2.45) is 0 Å². The molecule has 0 radical (unpaired) electrons. The Labute approximate surface area is 117 Å². The summed E-state index contributed by atoms with van der Waals surface area (Å²) in [4.78, 5) is 4.46. The third-order valence-electron chi connectivity index (χ3n) is 3.26. The highest BCUT2D eigenvalue weighted by molar-refractivity contribution is 5.45. The van der Waals surface area contributed by atoms with Crippen LogP contribution >= 0.6 is 0 Å². The van der Waals surface area contributed by atoms with Crippen molar-refractivity contribution in [3.8, 4) is 0 Å². The molecular formula is C15H17N5. The lowest BCUT2D eigenvalue weighted by molar-refractivity contribution is 0.866. The van der Waals surface area contributed by atoms with Gasteiger partial charge in [-0.05, 0) is 32.9 Å². The largest absolute Gasteiger partial charge is 0.378 e. The second kappa shape index (κ2) is 4.92. The Morgan fingerprint density at radius 3 is 2.55 bits per heavy atom. The first-order chi connectivity index (χ1) is 9.63. The Hall–Kier alpha value is -2.43. The van der Waals surface area contributed by atoms with Crippen LogP contribution in [0.4, 0.5) is 5.69 Å². The molecule has 102 valence electrons. The first-order valence-corrected chi connectivity index (χ1v) is 6.62. The third kappa shape index (κ3) is 2.34. The van der Waals surface area contributed by atoms with E-state index in [-0.39, 0.29) is 0 Å². The molecule has 0 saturated heterocycles. The summed E-state index contributed by atoms with van der Waals surface area (Å²) in [6.45, 7) is 6.63. The van der Waals surface area contributed by atoms with E-state index in [4.69, 9.17) is 0 Å². The van der Waals surface area contributed by atoms with Gasteiger partial charge in [0, 0.05) is 17.4 Å². The van der Waals surface area contributed by atoms with Gasteiger partial charge in [-0.3, -0.25) is 4.40 Å². The number of rotatable bonds is 3. The zero-order valence-electron chi connectivity index (χ0n) is 11.9. The highest BCUT2D eigenvalue weighted by Crippen LogP contribution is 2.12. The van der Waals surface area contributed by atoms with E-state index in [1.165, 1.54) is 5.56 Å². The summed E-state index contributed by atoms with van der Waals surface area (Å²) >= 11 is 0. The van der Waals surface area contributed by atoms with Crippen LogP contribution in [0.5, 0.6) is 0 Å². The maximum atomic E-state index is 4.46. The fourth-order valence-corrected chi connectivity index (χ4v) is 2.27. The van der Waals surface area contributed by atoms with Gasteiger partial charge in [-0.2, -0.15) is 0 Å². The monoisotopic (exact) mass is 267 g/mol. The Balaban J connectivity index is 1.86. The second-order valence-corrected chi connectivity index (χ2v) is 4.97. The number of aromatic nitrogens is 4. The van der Waals surface area contributed by atoms with E-state index in [0.717, 1.165) is 28.7 Å². The van der Waals surface area contributed by atoms with Crippen molar-refractivity contribution in [3.05, 3.63) is 53.2 Å². The van der Waals surface area contributed by atoms with Crippen LogP contribution in [0.1, 0.15) is 22.9 Å². The van der Waals surface area contributed by atoms with Gasteiger partial charge in [-0.15, -0.1) is 10.2 Å². The lowest BCUT2D eigenvalue weighted by Gasteiger charge is -2.07. The summed E-state index contributed by atoms with van der Waals surface area (Å²) in [6.07, 6.45) is 0. The lowest BCUT2D eigenvalue weighted by Crippen LogP contribution is -2.07. The number of benzene rings is 1. The van der Waals surface area contributed by atoms with Gasteiger partial charge in [0.25, 0.3) is 0 Å². The highest BCUT2D eigenvalue weighted by Gasteiger charge is 2.08. The molecule has 5 nitrogen and oxygen atoms in total. The van der Waals surface area contributed by atoms with Crippen molar-refractivity contribution in [2.45, 2.75) is 27.3 Å². The summed E-state index contributed by atoms with van der Waals surface area (Å²) in [6, 6.07) is 10.2. The summed E-state index contributed by atoms with van der Waals surface area (Å²) < 4.78 is 1.98. The highest BCUT2D eigenvalue weighted by atomic mass is 15.3. The van der Waals surface area contributed by atoms with Gasteiger partial charge in [0.2, 0.25) is 0 Å². The van der Waals surface area contributed by atoms with Crippen LogP contribution in [0.2, 0.25) is 0 Å². The number of anilines is 1. The van der Waals surface area contributed by atoms with E-state index >= 15 is 0 Å². The number of aryl methyl sites for hydroxylation is 3. The third-order valence-corrected chi connectivity index (χ3v) is 3.26. The van der Waals surface area contributed by atoms with Crippen LogP contribution in [0.3, 0.4) is 0 Å². The molecule has 0 fully saturated rings. The molecule has 0 spiro atoms. The molecule has 0 atom stereocenters. The normalized spacial score (nSPS) is 10.9. The van der Waals surface area contributed by atoms with Crippen molar-refractivity contribution in [1.29, 1.82) is 0 Å². The van der Waals surface area contributed by atoms with Gasteiger partial charge < -0.3 is 5.32 Å². The average Bonchev–Trinajstić information content (AvgIpc) is 2.81. The molecule has 0 aliphatic rings. The summed E-state index contributed by atoms with van der Waals surface area (Å²) in [5.41, 5.74) is 4.13. The maximum absolute atomic E-state index is 4.46. The molecule has 3 rings (SSSR count). The number of nitrogens with zero attached hydrogens (tertiary/aromatic N) is 4. The number of nitrogens with one attached hydrogen (secondary N) is 1. The predicted octanol–water partition coefficient (Wildman–Crippen LogP) is 2.66.